The van der Waals surface area contributed by atoms with Crippen molar-refractivity contribution in [2.24, 2.45) is 0 Å². The zero-order valence-corrected chi connectivity index (χ0v) is 5.37. The van der Waals surface area contributed by atoms with Crippen molar-refractivity contribution in [1.82, 2.24) is 5.32 Å². The summed E-state index contributed by atoms with van der Waals surface area (Å²) in [6, 6.07) is -1.27. The lowest BCUT2D eigenvalue weighted by molar-refractivity contribution is -0.141. The first-order valence-corrected chi connectivity index (χ1v) is 2.63. The number of carboxylic acid groups (broad SMARTS) is 1. The average molecular weight is 146 g/mol. The van der Waals surface area contributed by atoms with Crippen LogP contribution < -0.4 is 5.32 Å². The van der Waals surface area contributed by atoms with Crippen molar-refractivity contribution >= 4 is 12.4 Å². The maximum Gasteiger partial charge on any atom is 0.328 e. The van der Waals surface area contributed by atoms with Crippen molar-refractivity contribution in [3.8, 4) is 0 Å². The van der Waals surface area contributed by atoms with Crippen LogP contribution in [0.1, 0.15) is 6.92 Å². The number of aliphatic hydroxyl groups excluding tert-OH is 1. The number of carbonyl (C=O) groups is 1. The molecule has 2 unspecified atom stereocenters. The summed E-state index contributed by atoms with van der Waals surface area (Å²) in [7, 11) is 0. The molecule has 0 aromatic heterocycles. The van der Waals surface area contributed by atoms with Crippen LogP contribution in [0, 0.1) is 0 Å². The van der Waals surface area contributed by atoms with Crippen LogP contribution >= 0.6 is 0 Å². The number of nitrogens with one attached hydrogen (secondary N) is 1. The maximum atomic E-state index is 10.1. The average Bonchev–Trinajstić information content (AvgIpc) is 1.81. The number of aliphatic hydroxyl groups is 1. The second kappa shape index (κ2) is 3.84. The van der Waals surface area contributed by atoms with E-state index in [4.69, 9.17) is 10.2 Å². The van der Waals surface area contributed by atoms with Crippen LogP contribution in [0.25, 0.3) is 0 Å². The van der Waals surface area contributed by atoms with Crippen LogP contribution in [0.3, 0.4) is 0 Å². The quantitative estimate of drug-likeness (QED) is 0.420. The summed E-state index contributed by atoms with van der Waals surface area (Å²) in [5, 5.41) is 18.8. The molecule has 0 spiro atoms. The predicted molar refractivity (Wildman–Crippen MR) is 31.9 cm³/mol. The fraction of sp³-hybridized carbons (Fsp3) is 0.600. The molecule has 0 aliphatic rings. The van der Waals surface area contributed by atoms with Crippen molar-refractivity contribution in [1.29, 1.82) is 0 Å². The molecule has 0 aliphatic heterocycles. The second-order valence-electron chi connectivity index (χ2n) is 1.80. The van der Waals surface area contributed by atoms with Crippen molar-refractivity contribution < 1.29 is 19.8 Å². The molecule has 0 aromatic carbocycles. The zero-order chi connectivity index (χ0) is 8.15. The van der Waals surface area contributed by atoms with Crippen molar-refractivity contribution in [2.45, 2.75) is 19.1 Å². The summed E-state index contributed by atoms with van der Waals surface area (Å²) in [5.74, 6) is -1.28. The summed E-state index contributed by atoms with van der Waals surface area (Å²) in [4.78, 5) is 19.7. The van der Waals surface area contributed by atoms with E-state index in [2.05, 4.69) is 0 Å². The SMILES string of the molecule is CC(O)C(N[C]=O)C(=O)O. The summed E-state index contributed by atoms with van der Waals surface area (Å²) in [6.45, 7) is 1.27. The van der Waals surface area contributed by atoms with E-state index >= 15 is 0 Å². The Morgan fingerprint density at radius 1 is 1.70 bits per heavy atom. The van der Waals surface area contributed by atoms with E-state index in [0.717, 1.165) is 0 Å². The molecule has 0 heterocycles. The zero-order valence-electron chi connectivity index (χ0n) is 5.37. The molecule has 0 saturated carbocycles. The second-order valence-corrected chi connectivity index (χ2v) is 1.80. The molecule has 5 nitrogen and oxygen atoms in total. The van der Waals surface area contributed by atoms with Gasteiger partial charge in [0.15, 0.2) is 6.04 Å². The number of carboxylic acids is 1. The minimum atomic E-state index is -1.28. The van der Waals surface area contributed by atoms with Gasteiger partial charge in [0.2, 0.25) is 0 Å². The third-order valence-electron chi connectivity index (χ3n) is 0.963. The number of rotatable bonds is 4. The maximum absolute atomic E-state index is 10.1. The first-order valence-electron chi connectivity index (χ1n) is 2.63. The Hall–Kier alpha value is -1.10. The standard InChI is InChI=1S/C5H8NO4/c1-3(8)4(5(9)10)6-2-7/h3-4,8H,1H3,(H,6,7)(H,9,10). The molecule has 0 saturated heterocycles. The van der Waals surface area contributed by atoms with E-state index < -0.39 is 18.1 Å². The largest absolute Gasteiger partial charge is 0.480 e. The van der Waals surface area contributed by atoms with Gasteiger partial charge >= 0.3 is 12.4 Å². The summed E-state index contributed by atoms with van der Waals surface area (Å²) < 4.78 is 0. The van der Waals surface area contributed by atoms with Crippen LogP contribution in [-0.2, 0) is 9.59 Å². The van der Waals surface area contributed by atoms with Crippen molar-refractivity contribution in [2.75, 3.05) is 0 Å². The lowest BCUT2D eigenvalue weighted by Crippen LogP contribution is -2.43. The number of aliphatic carboxylic acids is 1. The lowest BCUT2D eigenvalue weighted by Gasteiger charge is -2.12. The fourth-order valence-electron chi connectivity index (χ4n) is 0.452. The molecule has 0 bridgehead atoms. The van der Waals surface area contributed by atoms with Crippen LogP contribution in [0.2, 0.25) is 0 Å². The summed E-state index contributed by atoms with van der Waals surface area (Å²) in [5.41, 5.74) is 0. The van der Waals surface area contributed by atoms with Gasteiger partial charge in [0.05, 0.1) is 6.10 Å². The first-order chi connectivity index (χ1) is 4.59. The Bertz CT molecular complexity index is 134. The molecule has 0 fully saturated rings. The molecule has 0 aliphatic carbocycles. The number of hydrogen-bond acceptors (Lipinski definition) is 3. The Kier molecular flexibility index (Phi) is 3.42. The molecule has 57 valence electrons. The Morgan fingerprint density at radius 2 is 2.20 bits per heavy atom. The smallest absolute Gasteiger partial charge is 0.328 e. The van der Waals surface area contributed by atoms with Gasteiger partial charge in [-0.15, -0.1) is 0 Å². The van der Waals surface area contributed by atoms with E-state index in [1.165, 1.54) is 13.3 Å². The van der Waals surface area contributed by atoms with Crippen LogP contribution in [0.15, 0.2) is 0 Å². The first kappa shape index (κ1) is 8.90. The minimum absolute atomic E-state index is 1.11. The lowest BCUT2D eigenvalue weighted by atomic mass is 10.2. The van der Waals surface area contributed by atoms with Crippen LogP contribution in [0.4, 0.5) is 0 Å². The van der Waals surface area contributed by atoms with E-state index in [1.54, 1.807) is 0 Å². The van der Waals surface area contributed by atoms with E-state index in [9.17, 15) is 9.59 Å². The summed E-state index contributed by atoms with van der Waals surface area (Å²) in [6.07, 6.45) is 0.0775. The topological polar surface area (TPSA) is 86.6 Å². The van der Waals surface area contributed by atoms with E-state index in [-0.39, 0.29) is 0 Å². The summed E-state index contributed by atoms with van der Waals surface area (Å²) >= 11 is 0. The van der Waals surface area contributed by atoms with Crippen molar-refractivity contribution in [3.05, 3.63) is 0 Å². The van der Waals surface area contributed by atoms with Crippen LogP contribution in [-0.4, -0.2) is 34.7 Å². The van der Waals surface area contributed by atoms with Gasteiger partial charge in [-0.3, -0.25) is 4.79 Å². The highest BCUT2D eigenvalue weighted by Gasteiger charge is 2.21. The van der Waals surface area contributed by atoms with Gasteiger partial charge < -0.3 is 15.5 Å². The third kappa shape index (κ3) is 2.45. The monoisotopic (exact) mass is 146 g/mol. The normalized spacial score (nSPS) is 15.4. The molecule has 1 radical (unpaired) electrons. The molecule has 2 atom stereocenters. The molecule has 0 rings (SSSR count). The molecule has 0 aromatic rings. The highest BCUT2D eigenvalue weighted by molar-refractivity contribution is 5.76. The van der Waals surface area contributed by atoms with Gasteiger partial charge in [0.25, 0.3) is 0 Å². The number of amides is 1. The third-order valence-corrected chi connectivity index (χ3v) is 0.963. The Balaban J connectivity index is 3.97. The van der Waals surface area contributed by atoms with E-state index in [0.29, 0.717) is 0 Å². The van der Waals surface area contributed by atoms with Crippen molar-refractivity contribution in [3.63, 3.8) is 0 Å². The molecule has 5 heteroatoms. The minimum Gasteiger partial charge on any atom is -0.480 e. The molecular weight excluding hydrogens is 138 g/mol. The highest BCUT2D eigenvalue weighted by atomic mass is 16.4. The highest BCUT2D eigenvalue weighted by Crippen LogP contribution is 1.90. The molecule has 10 heavy (non-hydrogen) atoms. The molecule has 1 amide bonds. The van der Waals surface area contributed by atoms with Gasteiger partial charge in [-0.1, -0.05) is 0 Å². The van der Waals surface area contributed by atoms with Gasteiger partial charge in [-0.2, -0.15) is 0 Å². The number of carbonyl (C=O) groups excluding carboxylic acids is 1. The Labute approximate surface area is 57.7 Å². The van der Waals surface area contributed by atoms with E-state index in [1.807, 2.05) is 5.32 Å². The fourth-order valence-corrected chi connectivity index (χ4v) is 0.452. The van der Waals surface area contributed by atoms with Crippen LogP contribution in [0.5, 0.6) is 0 Å². The van der Waals surface area contributed by atoms with Gasteiger partial charge in [-0.25, -0.2) is 4.79 Å². The molecule has 3 N–H and O–H groups in total. The Morgan fingerprint density at radius 3 is 2.30 bits per heavy atom. The predicted octanol–water partition coefficient (Wildman–Crippen LogP) is -1.52. The van der Waals surface area contributed by atoms with Gasteiger partial charge in [-0.05, 0) is 6.92 Å². The van der Waals surface area contributed by atoms with Gasteiger partial charge in [0.1, 0.15) is 0 Å². The van der Waals surface area contributed by atoms with Gasteiger partial charge in [0, 0.05) is 0 Å². The molecular formula is C5H8NO4. The number of hydrogen-bond donors (Lipinski definition) is 3.